The van der Waals surface area contributed by atoms with Crippen molar-refractivity contribution < 1.29 is 17.9 Å². The fourth-order valence-corrected chi connectivity index (χ4v) is 2.98. The summed E-state index contributed by atoms with van der Waals surface area (Å²) in [6.07, 6.45) is 1.77. The minimum Gasteiger partial charge on any atom is -0.444 e. The van der Waals surface area contributed by atoms with Crippen LogP contribution in [0.5, 0.6) is 0 Å². The molecule has 0 bridgehead atoms. The Kier molecular flexibility index (Phi) is 6.94. The van der Waals surface area contributed by atoms with Crippen molar-refractivity contribution in [2.75, 3.05) is 4.72 Å². The number of carbonyl (C=O) groups is 1. The summed E-state index contributed by atoms with van der Waals surface area (Å²) in [5, 5.41) is 2.88. The number of aromatic amines is 1. The van der Waals surface area contributed by atoms with E-state index < -0.39 is 28.6 Å². The van der Waals surface area contributed by atoms with Gasteiger partial charge in [0.2, 0.25) is 10.9 Å². The van der Waals surface area contributed by atoms with Crippen LogP contribution in [0.4, 0.5) is 10.5 Å². The molecule has 0 saturated heterocycles. The summed E-state index contributed by atoms with van der Waals surface area (Å²) in [5.74, 6) is 0.630. The molecule has 1 amide bonds. The number of hydrogen-bond acceptors (Lipinski definition) is 5. The molecule has 0 radical (unpaired) electrons. The van der Waals surface area contributed by atoms with Gasteiger partial charge in [-0.2, -0.15) is 0 Å². The van der Waals surface area contributed by atoms with Gasteiger partial charge in [-0.25, -0.2) is 18.2 Å². The summed E-state index contributed by atoms with van der Waals surface area (Å²) >= 11 is 0. The Hall–Kier alpha value is -2.55. The zero-order valence-corrected chi connectivity index (χ0v) is 18.6. The van der Waals surface area contributed by atoms with Crippen LogP contribution in [0.25, 0.3) is 0 Å². The summed E-state index contributed by atoms with van der Waals surface area (Å²) in [6.45, 7) is 11.6. The Balaban J connectivity index is 2.24. The monoisotopic (exact) mass is 422 g/mol. The van der Waals surface area contributed by atoms with Crippen molar-refractivity contribution >= 4 is 22.7 Å². The molecule has 0 unspecified atom stereocenters. The number of amides is 1. The number of carbonyl (C=O) groups excluding carboxylic acids is 1. The summed E-state index contributed by atoms with van der Waals surface area (Å²) in [4.78, 5) is 20.2. The van der Waals surface area contributed by atoms with Crippen LogP contribution < -0.4 is 10.0 Å². The van der Waals surface area contributed by atoms with Gasteiger partial charge in [0.05, 0.1) is 11.7 Å². The standard InChI is InChI=1S/C20H30N4O4S/c1-19(2,3)16-12-21-17(23-16)15(22-18(25)28-20(4,5)6)11-13-7-9-14(10-8-13)24-29(26)27/h7-10,12,15,29H,11H2,1-6H3,(H,21,23)(H,22,25)(H,24,26,27)/t15-/m0/s1. The normalized spacial score (nSPS) is 13.2. The molecule has 8 nitrogen and oxygen atoms in total. The number of H-pyrrole nitrogens is 1. The second-order valence-electron chi connectivity index (χ2n) is 8.89. The van der Waals surface area contributed by atoms with Crippen LogP contribution in [0.15, 0.2) is 30.5 Å². The predicted octanol–water partition coefficient (Wildman–Crippen LogP) is 3.45. The number of anilines is 1. The molecule has 0 aliphatic rings. The number of ether oxygens (including phenoxy) is 1. The molecule has 2 rings (SSSR count). The first kappa shape index (κ1) is 22.7. The molecule has 2 aromatic rings. The van der Waals surface area contributed by atoms with Crippen LogP contribution in [-0.4, -0.2) is 30.1 Å². The molecule has 0 fully saturated rings. The van der Waals surface area contributed by atoms with Gasteiger partial charge in [-0.1, -0.05) is 32.9 Å². The predicted molar refractivity (Wildman–Crippen MR) is 113 cm³/mol. The number of hydrogen-bond donors (Lipinski definition) is 4. The van der Waals surface area contributed by atoms with Crippen molar-refractivity contribution in [3.63, 3.8) is 0 Å². The van der Waals surface area contributed by atoms with E-state index in [0.29, 0.717) is 17.9 Å². The lowest BCUT2D eigenvalue weighted by molar-refractivity contribution is 0.0501. The molecule has 1 heterocycles. The number of imidazole rings is 1. The molecular weight excluding hydrogens is 392 g/mol. The highest BCUT2D eigenvalue weighted by molar-refractivity contribution is 7.73. The number of rotatable bonds is 6. The van der Waals surface area contributed by atoms with E-state index in [9.17, 15) is 13.2 Å². The van der Waals surface area contributed by atoms with E-state index in [-0.39, 0.29) is 5.41 Å². The van der Waals surface area contributed by atoms with Gasteiger partial charge in [-0.15, -0.1) is 0 Å². The van der Waals surface area contributed by atoms with Crippen molar-refractivity contribution in [3.05, 3.63) is 47.5 Å². The first-order chi connectivity index (χ1) is 13.3. The molecule has 1 atom stereocenters. The average molecular weight is 423 g/mol. The summed E-state index contributed by atoms with van der Waals surface area (Å²) in [6, 6.07) is 6.52. The summed E-state index contributed by atoms with van der Waals surface area (Å²) in [5.41, 5.74) is 1.54. The molecule has 160 valence electrons. The zero-order chi connectivity index (χ0) is 21.8. The third-order valence-corrected chi connectivity index (χ3v) is 4.44. The van der Waals surface area contributed by atoms with Gasteiger partial charge in [0.15, 0.2) is 0 Å². The highest BCUT2D eigenvalue weighted by Gasteiger charge is 2.25. The molecule has 29 heavy (non-hydrogen) atoms. The molecule has 1 aromatic heterocycles. The minimum absolute atomic E-state index is 0.131. The van der Waals surface area contributed by atoms with Gasteiger partial charge in [0.25, 0.3) is 0 Å². The lowest BCUT2D eigenvalue weighted by atomic mass is 9.93. The molecule has 0 aliphatic heterocycles. The minimum atomic E-state index is -2.71. The number of nitrogens with one attached hydrogen (secondary N) is 3. The van der Waals surface area contributed by atoms with Gasteiger partial charge >= 0.3 is 6.09 Å². The number of benzene rings is 1. The average Bonchev–Trinajstić information content (AvgIpc) is 3.04. The summed E-state index contributed by atoms with van der Waals surface area (Å²) in [7, 11) is -2.71. The second-order valence-corrected chi connectivity index (χ2v) is 9.63. The maximum Gasteiger partial charge on any atom is 0.408 e. The lowest BCUT2D eigenvalue weighted by Gasteiger charge is -2.23. The van der Waals surface area contributed by atoms with E-state index in [0.717, 1.165) is 11.3 Å². The lowest BCUT2D eigenvalue weighted by Crippen LogP contribution is -2.36. The van der Waals surface area contributed by atoms with Crippen LogP contribution in [0.2, 0.25) is 0 Å². The number of nitrogens with zero attached hydrogens (tertiary/aromatic N) is 1. The van der Waals surface area contributed by atoms with Crippen molar-refractivity contribution in [3.8, 4) is 0 Å². The van der Waals surface area contributed by atoms with Crippen LogP contribution in [0, 0.1) is 0 Å². The van der Waals surface area contributed by atoms with Crippen molar-refractivity contribution in [2.45, 2.75) is 65.0 Å². The van der Waals surface area contributed by atoms with Crippen LogP contribution in [0.1, 0.15) is 64.7 Å². The highest BCUT2D eigenvalue weighted by atomic mass is 32.2. The Morgan fingerprint density at radius 1 is 1.14 bits per heavy atom. The zero-order valence-electron chi connectivity index (χ0n) is 17.7. The van der Waals surface area contributed by atoms with Crippen molar-refractivity contribution in [1.29, 1.82) is 0 Å². The SMILES string of the molecule is CC(C)(C)OC(=O)N[C@@H](Cc1ccc(N[SH](=O)=O)cc1)c1nc(C(C)(C)C)c[nH]1. The molecule has 1 aromatic carbocycles. The van der Waals surface area contributed by atoms with Gasteiger partial charge in [-0.3, -0.25) is 4.72 Å². The van der Waals surface area contributed by atoms with Gasteiger partial charge in [0.1, 0.15) is 11.4 Å². The van der Waals surface area contributed by atoms with Crippen LogP contribution >= 0.6 is 0 Å². The molecule has 3 N–H and O–H groups in total. The maximum atomic E-state index is 12.4. The molecule has 0 saturated carbocycles. The number of aromatic nitrogens is 2. The van der Waals surface area contributed by atoms with Crippen LogP contribution in [0.3, 0.4) is 0 Å². The fraction of sp³-hybridized carbons (Fsp3) is 0.500. The smallest absolute Gasteiger partial charge is 0.408 e. The number of alkyl carbamates (subject to hydrolysis) is 1. The van der Waals surface area contributed by atoms with E-state index in [4.69, 9.17) is 4.74 Å². The van der Waals surface area contributed by atoms with Crippen molar-refractivity contribution in [1.82, 2.24) is 15.3 Å². The largest absolute Gasteiger partial charge is 0.444 e. The first-order valence-electron chi connectivity index (χ1n) is 9.39. The Morgan fingerprint density at radius 2 is 1.76 bits per heavy atom. The molecule has 9 heteroatoms. The Labute approximate surface area is 173 Å². The van der Waals surface area contributed by atoms with E-state index in [1.807, 2.05) is 6.20 Å². The van der Waals surface area contributed by atoms with Gasteiger partial charge in [-0.05, 0) is 38.5 Å². The third kappa shape index (κ3) is 7.41. The van der Waals surface area contributed by atoms with Gasteiger partial charge < -0.3 is 15.0 Å². The summed E-state index contributed by atoms with van der Waals surface area (Å²) < 4.78 is 29.3. The van der Waals surface area contributed by atoms with Crippen LogP contribution in [-0.2, 0) is 27.5 Å². The van der Waals surface area contributed by atoms with Crippen molar-refractivity contribution in [2.24, 2.45) is 0 Å². The van der Waals surface area contributed by atoms with E-state index in [1.165, 1.54) is 0 Å². The molecule has 0 spiro atoms. The van der Waals surface area contributed by atoms with E-state index in [1.54, 1.807) is 45.0 Å². The quantitative estimate of drug-likeness (QED) is 0.533. The van der Waals surface area contributed by atoms with Gasteiger partial charge in [0, 0.05) is 23.7 Å². The number of thiol groups is 1. The fourth-order valence-electron chi connectivity index (χ4n) is 2.62. The molecular formula is C20H30N4O4S. The molecule has 0 aliphatic carbocycles. The highest BCUT2D eigenvalue weighted by Crippen LogP contribution is 2.24. The Morgan fingerprint density at radius 3 is 2.24 bits per heavy atom. The van der Waals surface area contributed by atoms with E-state index in [2.05, 4.69) is 40.8 Å². The maximum absolute atomic E-state index is 12.4. The third-order valence-electron chi connectivity index (χ3n) is 4.00. The van der Waals surface area contributed by atoms with E-state index >= 15 is 0 Å². The first-order valence-corrected chi connectivity index (χ1v) is 10.6. The Bertz CT molecular complexity index is 898. The second kappa shape index (κ2) is 8.86. The topological polar surface area (TPSA) is 113 Å².